The Morgan fingerprint density at radius 3 is 1.26 bits per heavy atom. The van der Waals surface area contributed by atoms with Gasteiger partial charge in [0.2, 0.25) is 0 Å². The van der Waals surface area contributed by atoms with Crippen molar-refractivity contribution in [3.63, 3.8) is 0 Å². The van der Waals surface area contributed by atoms with Crippen molar-refractivity contribution in [2.24, 2.45) is 0 Å². The van der Waals surface area contributed by atoms with Crippen LogP contribution in [0.4, 0.5) is 0 Å². The quantitative estimate of drug-likeness (QED) is 0.166. The van der Waals surface area contributed by atoms with Crippen molar-refractivity contribution >= 4 is 87.2 Å². The summed E-state index contributed by atoms with van der Waals surface area (Å²) in [5.41, 5.74) is 25.6. The molecule has 2 aliphatic rings. The molecule has 13 aromatic carbocycles. The molecule has 19 rings (SSSR count). The fourth-order valence-electron chi connectivity index (χ4n) is 14.3. The summed E-state index contributed by atoms with van der Waals surface area (Å²) < 4.78 is 4.74. The first-order chi connectivity index (χ1) is 41.7. The second-order valence-corrected chi connectivity index (χ2v) is 22.4. The molecule has 0 N–H and O–H groups in total. The molecule has 4 aromatic heterocycles. The molecule has 6 heteroatoms. The minimum absolute atomic E-state index is 0.800. The number of aromatic nitrogens is 6. The first-order valence-corrected chi connectivity index (χ1v) is 28.7. The summed E-state index contributed by atoms with van der Waals surface area (Å²) in [4.78, 5) is 22.3. The SMILES string of the molecule is c1ccc(-c2cccc(-c3nc4ccccc4nc3-n3c4cccc5c4c4c6c(cccc6ccc43)-c3cc(-c4ccc6nc(-n7c8cccc9c8c8c%10c(cccc%10ccc87)-c7ccccc7-9)c(-c7ccccc7)nc6c4)ccc3-5)c2)cc1. The zero-order valence-corrected chi connectivity index (χ0v) is 45.1. The molecule has 0 saturated heterocycles. The Balaban J connectivity index is 0.794. The average molecular weight is 1070 g/mol. The summed E-state index contributed by atoms with van der Waals surface area (Å²) in [5, 5.41) is 9.81. The van der Waals surface area contributed by atoms with Crippen LogP contribution in [0.1, 0.15) is 0 Å². The predicted octanol–water partition coefficient (Wildman–Crippen LogP) is 20.0. The molecule has 17 aromatic rings. The molecule has 386 valence electrons. The largest absolute Gasteiger partial charge is 0.292 e. The van der Waals surface area contributed by atoms with Gasteiger partial charge in [0.05, 0.1) is 44.1 Å². The van der Waals surface area contributed by atoms with Gasteiger partial charge in [0.15, 0.2) is 11.6 Å². The Bertz CT molecular complexity index is 5740. The zero-order chi connectivity index (χ0) is 54.7. The summed E-state index contributed by atoms with van der Waals surface area (Å²) >= 11 is 0. The Morgan fingerprint density at radius 1 is 0.202 bits per heavy atom. The van der Waals surface area contributed by atoms with Crippen LogP contribution in [0, 0.1) is 0 Å². The van der Waals surface area contributed by atoms with E-state index < -0.39 is 0 Å². The number of benzene rings is 13. The number of hydrogen-bond donors (Lipinski definition) is 0. The molecule has 0 unspecified atom stereocenters. The van der Waals surface area contributed by atoms with Crippen molar-refractivity contribution in [3.05, 3.63) is 267 Å². The molecule has 0 fully saturated rings. The highest BCUT2D eigenvalue weighted by atomic mass is 15.1. The maximum absolute atomic E-state index is 5.67. The topological polar surface area (TPSA) is 61.4 Å². The van der Waals surface area contributed by atoms with E-state index in [1.54, 1.807) is 0 Å². The molecule has 0 aliphatic heterocycles. The van der Waals surface area contributed by atoms with Gasteiger partial charge in [0, 0.05) is 32.7 Å². The van der Waals surface area contributed by atoms with Crippen LogP contribution in [0.5, 0.6) is 0 Å². The fraction of sp³-hybridized carbons (Fsp3) is 0. The van der Waals surface area contributed by atoms with Gasteiger partial charge in [-0.05, 0) is 149 Å². The molecule has 0 spiro atoms. The van der Waals surface area contributed by atoms with Crippen LogP contribution in [0.3, 0.4) is 0 Å². The van der Waals surface area contributed by atoms with Gasteiger partial charge in [0.1, 0.15) is 11.4 Å². The van der Waals surface area contributed by atoms with Crippen LogP contribution in [-0.4, -0.2) is 29.1 Å². The van der Waals surface area contributed by atoms with Gasteiger partial charge in [-0.2, -0.15) is 0 Å². The smallest absolute Gasteiger partial charge is 0.165 e. The lowest BCUT2D eigenvalue weighted by atomic mass is 9.90. The van der Waals surface area contributed by atoms with Crippen molar-refractivity contribution < 1.29 is 0 Å². The van der Waals surface area contributed by atoms with Crippen LogP contribution in [0.15, 0.2) is 267 Å². The molecule has 0 saturated carbocycles. The maximum atomic E-state index is 5.67. The highest BCUT2D eigenvalue weighted by molar-refractivity contribution is 6.32. The molecule has 0 radical (unpaired) electrons. The Morgan fingerprint density at radius 2 is 0.619 bits per heavy atom. The average Bonchev–Trinajstić information content (AvgIpc) is 1.75. The van der Waals surface area contributed by atoms with E-state index in [0.29, 0.717) is 0 Å². The summed E-state index contributed by atoms with van der Waals surface area (Å²) in [6.45, 7) is 0. The second kappa shape index (κ2) is 17.1. The van der Waals surface area contributed by atoms with E-state index in [-0.39, 0.29) is 0 Å². The van der Waals surface area contributed by atoms with E-state index in [1.165, 1.54) is 87.6 Å². The van der Waals surface area contributed by atoms with E-state index in [0.717, 1.165) is 101 Å². The van der Waals surface area contributed by atoms with Gasteiger partial charge in [0.25, 0.3) is 0 Å². The zero-order valence-electron chi connectivity index (χ0n) is 45.1. The van der Waals surface area contributed by atoms with Crippen molar-refractivity contribution in [1.29, 1.82) is 0 Å². The van der Waals surface area contributed by atoms with E-state index in [4.69, 9.17) is 19.9 Å². The van der Waals surface area contributed by atoms with E-state index in [1.807, 2.05) is 12.1 Å². The number of fused-ring (bicyclic) bond motifs is 8. The minimum Gasteiger partial charge on any atom is -0.292 e. The molecule has 0 atom stereocenters. The second-order valence-electron chi connectivity index (χ2n) is 22.4. The lowest BCUT2D eigenvalue weighted by Crippen LogP contribution is -2.04. The number of nitrogens with zero attached hydrogens (tertiary/aromatic N) is 6. The number of para-hydroxylation sites is 2. The third-order valence-electron chi connectivity index (χ3n) is 17.9. The predicted molar refractivity (Wildman–Crippen MR) is 347 cm³/mol. The van der Waals surface area contributed by atoms with Crippen LogP contribution in [0.2, 0.25) is 0 Å². The highest BCUT2D eigenvalue weighted by Crippen LogP contribution is 2.53. The Kier molecular flexibility index (Phi) is 9.24. The van der Waals surface area contributed by atoms with Gasteiger partial charge in [-0.3, -0.25) is 9.13 Å². The van der Waals surface area contributed by atoms with Crippen LogP contribution in [0.25, 0.3) is 188 Å². The molecular formula is C78H44N6. The molecule has 0 bridgehead atoms. The monoisotopic (exact) mass is 1060 g/mol. The van der Waals surface area contributed by atoms with E-state index in [2.05, 4.69) is 264 Å². The lowest BCUT2D eigenvalue weighted by molar-refractivity contribution is 1.08. The lowest BCUT2D eigenvalue weighted by Gasteiger charge is -2.17. The van der Waals surface area contributed by atoms with Gasteiger partial charge < -0.3 is 0 Å². The third kappa shape index (κ3) is 6.33. The van der Waals surface area contributed by atoms with Crippen molar-refractivity contribution in [3.8, 4) is 101 Å². The number of hydrogen-bond acceptors (Lipinski definition) is 4. The van der Waals surface area contributed by atoms with E-state index in [9.17, 15) is 0 Å². The summed E-state index contributed by atoms with van der Waals surface area (Å²) in [6.07, 6.45) is 0. The van der Waals surface area contributed by atoms with Crippen molar-refractivity contribution in [2.45, 2.75) is 0 Å². The van der Waals surface area contributed by atoms with Crippen molar-refractivity contribution in [1.82, 2.24) is 29.1 Å². The van der Waals surface area contributed by atoms with Gasteiger partial charge in [-0.25, -0.2) is 19.9 Å². The highest BCUT2D eigenvalue weighted by Gasteiger charge is 2.30. The minimum atomic E-state index is 0.800. The third-order valence-corrected chi connectivity index (χ3v) is 17.9. The molecule has 4 heterocycles. The standard InChI is InChI=1S/C78H44N6/c1-3-16-45(17-4-1)49-22-11-23-52(42-49)76-78(81-62-31-10-9-30-61(62)79-76)84-66-33-15-29-58-55-38-34-50(43-60(55)59-27-13-21-47-37-41-68(84)74(70(47)59)72(58)66)51-35-39-63-64(44-51)80-75(48-18-5-2-6-19-48)77(82-63)83-65-32-14-28-57-54-25-8-7-24-53(54)56-26-12-20-46-36-40-67(83)73(69(46)56)71(57)65/h1-44H. The summed E-state index contributed by atoms with van der Waals surface area (Å²) in [6, 6.07) is 96.6. The van der Waals surface area contributed by atoms with Crippen LogP contribution >= 0.6 is 0 Å². The van der Waals surface area contributed by atoms with Gasteiger partial charge in [-0.1, -0.05) is 206 Å². The maximum Gasteiger partial charge on any atom is 0.165 e. The first kappa shape index (κ1) is 45.4. The molecule has 2 aliphatic carbocycles. The molecule has 0 amide bonds. The Labute approximate surface area is 481 Å². The number of rotatable bonds is 6. The van der Waals surface area contributed by atoms with Gasteiger partial charge in [-0.15, -0.1) is 0 Å². The molecule has 84 heavy (non-hydrogen) atoms. The Hall–Kier alpha value is -11.3. The normalized spacial score (nSPS) is 12.3. The fourth-order valence-corrected chi connectivity index (χ4v) is 14.3. The van der Waals surface area contributed by atoms with E-state index >= 15 is 0 Å². The van der Waals surface area contributed by atoms with Crippen molar-refractivity contribution in [2.75, 3.05) is 0 Å². The van der Waals surface area contributed by atoms with Crippen LogP contribution < -0.4 is 0 Å². The molecule has 6 nitrogen and oxygen atoms in total. The summed E-state index contributed by atoms with van der Waals surface area (Å²) in [7, 11) is 0. The molecular weight excluding hydrogens is 1020 g/mol. The first-order valence-electron chi connectivity index (χ1n) is 28.7. The van der Waals surface area contributed by atoms with Crippen LogP contribution in [-0.2, 0) is 0 Å². The summed E-state index contributed by atoms with van der Waals surface area (Å²) in [5.74, 6) is 1.60. The van der Waals surface area contributed by atoms with Gasteiger partial charge >= 0.3 is 0 Å².